The molecule has 5 heteroatoms. The van der Waals surface area contributed by atoms with Gasteiger partial charge in [-0.15, -0.1) is 0 Å². The molecule has 0 saturated carbocycles. The topological polar surface area (TPSA) is 59.0 Å². The lowest BCUT2D eigenvalue weighted by Crippen LogP contribution is -2.40. The Kier molecular flexibility index (Phi) is 9.95. The van der Waals surface area contributed by atoms with E-state index in [4.69, 9.17) is 0 Å². The molecule has 0 spiro atoms. The number of nitrogens with one attached hydrogen (secondary N) is 1. The van der Waals surface area contributed by atoms with Crippen molar-refractivity contribution in [1.29, 1.82) is 0 Å². The van der Waals surface area contributed by atoms with Crippen molar-refractivity contribution in [2.24, 2.45) is 0 Å². The maximum atomic E-state index is 9.57. The Morgan fingerprint density at radius 1 is 1.00 bits per heavy atom. The van der Waals surface area contributed by atoms with Crippen LogP contribution in [0.1, 0.15) is 51.5 Å². The van der Waals surface area contributed by atoms with Gasteiger partial charge in [-0.3, -0.25) is 4.90 Å². The van der Waals surface area contributed by atoms with Gasteiger partial charge in [-0.2, -0.15) is 0 Å². The van der Waals surface area contributed by atoms with E-state index in [0.29, 0.717) is 0 Å². The molecule has 0 fully saturated rings. The normalized spacial score (nSPS) is 14.0. The van der Waals surface area contributed by atoms with Gasteiger partial charge in [0.1, 0.15) is 12.5 Å². The summed E-state index contributed by atoms with van der Waals surface area (Å²) in [6.07, 6.45) is 4.47. The molecule has 0 aliphatic rings. The van der Waals surface area contributed by atoms with Gasteiger partial charge in [-0.1, -0.05) is 31.4 Å². The number of hydrogen-bond donors (Lipinski definition) is 3. The van der Waals surface area contributed by atoms with Crippen molar-refractivity contribution in [3.05, 3.63) is 29.8 Å². The van der Waals surface area contributed by atoms with E-state index in [1.54, 1.807) is 18.7 Å². The molecule has 1 aromatic carbocycles. The second kappa shape index (κ2) is 11.4. The van der Waals surface area contributed by atoms with Crippen LogP contribution in [0.3, 0.4) is 0 Å². The van der Waals surface area contributed by atoms with Crippen LogP contribution in [0.4, 0.5) is 5.69 Å². The third-order valence-corrected chi connectivity index (χ3v) is 4.29. The number of rotatable bonds is 12. The highest BCUT2D eigenvalue weighted by Gasteiger charge is 2.14. The highest BCUT2D eigenvalue weighted by atomic mass is 16.3. The second-order valence-electron chi connectivity index (χ2n) is 6.58. The fourth-order valence-electron chi connectivity index (χ4n) is 2.81. The molecule has 2 atom stereocenters. The lowest BCUT2D eigenvalue weighted by molar-refractivity contribution is -0.0844. The zero-order valence-electron chi connectivity index (χ0n) is 15.7. The fraction of sp³-hybridized carbons (Fsp3) is 0.684. The minimum absolute atomic E-state index is 0.591. The van der Waals surface area contributed by atoms with Gasteiger partial charge >= 0.3 is 0 Å². The molecule has 0 saturated heterocycles. The average molecular weight is 338 g/mol. The number of aliphatic hydroxyl groups excluding tert-OH is 2. The molecule has 0 heterocycles. The van der Waals surface area contributed by atoms with E-state index in [-0.39, 0.29) is 0 Å². The summed E-state index contributed by atoms with van der Waals surface area (Å²) in [5, 5.41) is 21.2. The van der Waals surface area contributed by atoms with Crippen LogP contribution in [0.2, 0.25) is 0 Å². The van der Waals surface area contributed by atoms with Crippen molar-refractivity contribution in [3.8, 4) is 0 Å². The highest BCUT2D eigenvalue weighted by molar-refractivity contribution is 5.46. The van der Waals surface area contributed by atoms with Crippen LogP contribution >= 0.6 is 0 Å². The minimum atomic E-state index is -0.591. The molecule has 138 valence electrons. The smallest absolute Gasteiger partial charge is 0.106 e. The summed E-state index contributed by atoms with van der Waals surface area (Å²) in [7, 11) is 2.05. The SMILES string of the molecule is Cc1cccc(N(C)NCCCCCCCN(C(C)O)C(C)O)c1. The standard InChI is InChI=1S/C19H35N3O2/c1-16-11-10-12-19(15-16)21(4)20-13-8-6-5-7-9-14-22(17(2)23)18(3)24/h10-12,15,17-18,20,23-24H,5-9,13-14H2,1-4H3. The first-order chi connectivity index (χ1) is 11.4. The lowest BCUT2D eigenvalue weighted by Gasteiger charge is -2.27. The van der Waals surface area contributed by atoms with Gasteiger partial charge in [-0.25, -0.2) is 5.43 Å². The molecule has 1 rings (SSSR count). The quantitative estimate of drug-likeness (QED) is 0.311. The van der Waals surface area contributed by atoms with Gasteiger partial charge in [0.05, 0.1) is 5.69 Å². The number of benzene rings is 1. The minimum Gasteiger partial charge on any atom is -0.379 e. The Labute approximate surface area is 147 Å². The van der Waals surface area contributed by atoms with E-state index in [1.165, 1.54) is 24.1 Å². The van der Waals surface area contributed by atoms with Crippen LogP contribution < -0.4 is 10.4 Å². The Bertz CT molecular complexity index is 444. The van der Waals surface area contributed by atoms with Crippen molar-refractivity contribution in [1.82, 2.24) is 10.3 Å². The predicted molar refractivity (Wildman–Crippen MR) is 101 cm³/mol. The molecule has 0 amide bonds. The van der Waals surface area contributed by atoms with E-state index in [1.807, 2.05) is 0 Å². The summed E-state index contributed by atoms with van der Waals surface area (Å²) in [6.45, 7) is 7.21. The molecule has 24 heavy (non-hydrogen) atoms. The van der Waals surface area contributed by atoms with Crippen LogP contribution in [0.25, 0.3) is 0 Å². The maximum Gasteiger partial charge on any atom is 0.106 e. The lowest BCUT2D eigenvalue weighted by atomic mass is 10.1. The molecule has 0 aliphatic carbocycles. The summed E-state index contributed by atoms with van der Waals surface area (Å²) >= 11 is 0. The maximum absolute atomic E-state index is 9.57. The van der Waals surface area contributed by atoms with Crippen LogP contribution in [-0.4, -0.2) is 47.7 Å². The van der Waals surface area contributed by atoms with E-state index in [2.05, 4.69) is 48.7 Å². The fourth-order valence-corrected chi connectivity index (χ4v) is 2.81. The Morgan fingerprint density at radius 2 is 1.62 bits per heavy atom. The number of aryl methyl sites for hydroxylation is 1. The van der Waals surface area contributed by atoms with Crippen molar-refractivity contribution < 1.29 is 10.2 Å². The molecule has 1 aromatic rings. The Balaban J connectivity index is 2.06. The number of hydrogen-bond acceptors (Lipinski definition) is 5. The predicted octanol–water partition coefficient (Wildman–Crippen LogP) is 2.86. The third-order valence-electron chi connectivity index (χ3n) is 4.29. The molecular weight excluding hydrogens is 302 g/mol. The highest BCUT2D eigenvalue weighted by Crippen LogP contribution is 2.12. The van der Waals surface area contributed by atoms with Crippen molar-refractivity contribution in [2.45, 2.75) is 65.3 Å². The van der Waals surface area contributed by atoms with Gasteiger partial charge in [0.15, 0.2) is 0 Å². The summed E-state index contributed by atoms with van der Waals surface area (Å²) in [5.41, 5.74) is 5.88. The average Bonchev–Trinajstić information content (AvgIpc) is 2.52. The zero-order valence-corrected chi connectivity index (χ0v) is 15.7. The third kappa shape index (κ3) is 8.11. The first kappa shape index (κ1) is 20.9. The van der Waals surface area contributed by atoms with Gasteiger partial charge in [-0.05, 0) is 51.3 Å². The summed E-state index contributed by atoms with van der Waals surface area (Å²) in [6, 6.07) is 8.46. The first-order valence-corrected chi connectivity index (χ1v) is 9.07. The number of aliphatic hydroxyl groups is 2. The monoisotopic (exact) mass is 337 g/mol. The molecule has 5 nitrogen and oxygen atoms in total. The number of anilines is 1. The van der Waals surface area contributed by atoms with E-state index >= 15 is 0 Å². The number of hydrazine groups is 1. The summed E-state index contributed by atoms with van der Waals surface area (Å²) in [5.74, 6) is 0. The molecule has 2 unspecified atom stereocenters. The number of nitrogens with zero attached hydrogens (tertiary/aromatic N) is 2. The number of unbranched alkanes of at least 4 members (excludes halogenated alkanes) is 4. The van der Waals surface area contributed by atoms with Crippen LogP contribution in [0.15, 0.2) is 24.3 Å². The molecule has 0 aliphatic heterocycles. The largest absolute Gasteiger partial charge is 0.379 e. The molecule has 3 N–H and O–H groups in total. The first-order valence-electron chi connectivity index (χ1n) is 9.07. The van der Waals surface area contributed by atoms with Crippen LogP contribution in [0, 0.1) is 6.92 Å². The van der Waals surface area contributed by atoms with Gasteiger partial charge in [0.25, 0.3) is 0 Å². The summed E-state index contributed by atoms with van der Waals surface area (Å²) < 4.78 is 0. The van der Waals surface area contributed by atoms with Crippen molar-refractivity contribution in [3.63, 3.8) is 0 Å². The van der Waals surface area contributed by atoms with Crippen molar-refractivity contribution >= 4 is 5.69 Å². The van der Waals surface area contributed by atoms with E-state index < -0.39 is 12.5 Å². The zero-order chi connectivity index (χ0) is 17.9. The van der Waals surface area contributed by atoms with Crippen LogP contribution in [0.5, 0.6) is 0 Å². The van der Waals surface area contributed by atoms with Gasteiger partial charge in [0.2, 0.25) is 0 Å². The van der Waals surface area contributed by atoms with Crippen LogP contribution in [-0.2, 0) is 0 Å². The molecule has 0 aromatic heterocycles. The molecular formula is C19H35N3O2. The van der Waals surface area contributed by atoms with E-state index in [9.17, 15) is 10.2 Å². The Morgan fingerprint density at radius 3 is 2.25 bits per heavy atom. The van der Waals surface area contributed by atoms with Crippen molar-refractivity contribution in [2.75, 3.05) is 25.1 Å². The molecule has 0 bridgehead atoms. The molecule has 0 radical (unpaired) electrons. The second-order valence-corrected chi connectivity index (χ2v) is 6.58. The van der Waals surface area contributed by atoms with Gasteiger partial charge in [0, 0.05) is 20.1 Å². The Hall–Kier alpha value is -1.14. The van der Waals surface area contributed by atoms with Gasteiger partial charge < -0.3 is 15.2 Å². The summed E-state index contributed by atoms with van der Waals surface area (Å²) in [4.78, 5) is 1.71. The van der Waals surface area contributed by atoms with E-state index in [0.717, 1.165) is 32.4 Å².